The zero-order valence-corrected chi connectivity index (χ0v) is 9.17. The number of sulfone groups is 1. The van der Waals surface area contributed by atoms with E-state index in [1.807, 2.05) is 0 Å². The molecule has 0 radical (unpaired) electrons. The fraction of sp³-hybridized carbons (Fsp3) is 1.00. The van der Waals surface area contributed by atoms with Gasteiger partial charge in [-0.1, -0.05) is 0 Å². The van der Waals surface area contributed by atoms with Crippen LogP contribution in [0.15, 0.2) is 0 Å². The minimum absolute atomic E-state index is 0.418. The number of likely N-dealkylation sites (tertiary alicyclic amines) is 1. The van der Waals surface area contributed by atoms with Crippen molar-refractivity contribution in [3.05, 3.63) is 0 Å². The number of hydrogen-bond acceptors (Lipinski definition) is 4. The summed E-state index contributed by atoms with van der Waals surface area (Å²) >= 11 is 0. The molecule has 0 amide bonds. The minimum atomic E-state index is -2.62. The summed E-state index contributed by atoms with van der Waals surface area (Å²) in [6, 6.07) is 0. The Balaban J connectivity index is 1.57. The Kier molecular flexibility index (Phi) is 2.81. The molecule has 0 aromatic carbocycles. The second-order valence-electron chi connectivity index (χ2n) is 4.59. The van der Waals surface area contributed by atoms with Crippen LogP contribution in [0.3, 0.4) is 0 Å². The van der Waals surface area contributed by atoms with Crippen molar-refractivity contribution in [3.8, 4) is 0 Å². The normalized spacial score (nSPS) is 28.4. The highest BCUT2D eigenvalue weighted by Crippen LogP contribution is 2.23. The molecule has 2 heterocycles. The fourth-order valence-electron chi connectivity index (χ4n) is 2.21. The Hall–Kier alpha value is -0.130. The lowest BCUT2D eigenvalue weighted by Gasteiger charge is -2.40. The molecule has 2 fully saturated rings. The van der Waals surface area contributed by atoms with E-state index in [0.717, 1.165) is 32.6 Å². The van der Waals surface area contributed by atoms with Crippen LogP contribution in [0, 0.1) is 11.8 Å². The van der Waals surface area contributed by atoms with Crippen molar-refractivity contribution in [3.63, 3.8) is 0 Å². The van der Waals surface area contributed by atoms with Gasteiger partial charge in [-0.2, -0.15) is 0 Å². The molecule has 5 heteroatoms. The number of nitrogens with zero attached hydrogens (tertiary/aromatic N) is 1. The Morgan fingerprint density at radius 1 is 1.21 bits per heavy atom. The maximum atomic E-state index is 10.9. The largest absolute Gasteiger partial charge is 0.330 e. The van der Waals surface area contributed by atoms with Gasteiger partial charge < -0.3 is 10.6 Å². The third kappa shape index (κ3) is 2.27. The third-order valence-electron chi connectivity index (χ3n) is 3.20. The molecular weight excluding hydrogens is 200 g/mol. The average molecular weight is 218 g/mol. The van der Waals surface area contributed by atoms with Crippen LogP contribution in [-0.4, -0.2) is 51.0 Å². The summed E-state index contributed by atoms with van der Waals surface area (Å²) in [5.41, 5.74) is 5.52. The summed E-state index contributed by atoms with van der Waals surface area (Å²) < 4.78 is 21.8. The highest BCUT2D eigenvalue weighted by molar-refractivity contribution is 7.92. The Labute approximate surface area is 85.4 Å². The summed E-state index contributed by atoms with van der Waals surface area (Å²) in [6.45, 7) is 4.05. The average Bonchev–Trinajstić information content (AvgIpc) is 1.98. The van der Waals surface area contributed by atoms with Crippen LogP contribution in [0.5, 0.6) is 0 Å². The van der Waals surface area contributed by atoms with Crippen LogP contribution in [0.25, 0.3) is 0 Å². The SMILES string of the molecule is NCC1CN(CCC2CS(=O)(=O)C2)C1. The second-order valence-corrected chi connectivity index (χ2v) is 6.75. The Morgan fingerprint density at radius 2 is 1.86 bits per heavy atom. The number of rotatable bonds is 4. The van der Waals surface area contributed by atoms with Crippen molar-refractivity contribution in [2.75, 3.05) is 37.7 Å². The quantitative estimate of drug-likeness (QED) is 0.678. The van der Waals surface area contributed by atoms with Crippen molar-refractivity contribution < 1.29 is 8.42 Å². The molecule has 2 aliphatic rings. The first-order chi connectivity index (χ1) is 6.59. The predicted octanol–water partition coefficient (Wildman–Crippen LogP) is -0.688. The third-order valence-corrected chi connectivity index (χ3v) is 5.16. The Bertz CT molecular complexity index is 284. The van der Waals surface area contributed by atoms with Crippen molar-refractivity contribution in [1.82, 2.24) is 4.90 Å². The molecule has 0 aromatic rings. The lowest BCUT2D eigenvalue weighted by molar-refractivity contribution is 0.0999. The molecular formula is C9H18N2O2S. The smallest absolute Gasteiger partial charge is 0.150 e. The summed E-state index contributed by atoms with van der Waals surface area (Å²) in [5.74, 6) is 1.94. The maximum absolute atomic E-state index is 10.9. The lowest BCUT2D eigenvalue weighted by Crippen LogP contribution is -2.51. The monoisotopic (exact) mass is 218 g/mol. The van der Waals surface area contributed by atoms with Crippen molar-refractivity contribution in [1.29, 1.82) is 0 Å². The van der Waals surface area contributed by atoms with Crippen LogP contribution in [0.1, 0.15) is 6.42 Å². The first-order valence-corrected chi connectivity index (χ1v) is 7.04. The van der Waals surface area contributed by atoms with Crippen LogP contribution >= 0.6 is 0 Å². The molecule has 0 spiro atoms. The zero-order valence-electron chi connectivity index (χ0n) is 8.35. The van der Waals surface area contributed by atoms with Crippen molar-refractivity contribution in [2.24, 2.45) is 17.6 Å². The minimum Gasteiger partial charge on any atom is -0.330 e. The van der Waals surface area contributed by atoms with Crippen LogP contribution in [0.4, 0.5) is 0 Å². The van der Waals surface area contributed by atoms with Gasteiger partial charge in [0.25, 0.3) is 0 Å². The topological polar surface area (TPSA) is 63.4 Å². The molecule has 0 atom stereocenters. The molecule has 0 bridgehead atoms. The van der Waals surface area contributed by atoms with E-state index in [-0.39, 0.29) is 0 Å². The van der Waals surface area contributed by atoms with Crippen LogP contribution in [-0.2, 0) is 9.84 Å². The summed E-state index contributed by atoms with van der Waals surface area (Å²) in [4.78, 5) is 2.36. The predicted molar refractivity (Wildman–Crippen MR) is 55.7 cm³/mol. The first-order valence-electron chi connectivity index (χ1n) is 5.22. The molecule has 0 unspecified atom stereocenters. The Morgan fingerprint density at radius 3 is 2.36 bits per heavy atom. The molecule has 0 aromatic heterocycles. The van der Waals surface area contributed by atoms with E-state index >= 15 is 0 Å². The standard InChI is InChI=1S/C9H18N2O2S/c10-3-9-4-11(5-9)2-1-8-6-14(12,13)7-8/h8-9H,1-7,10H2. The van der Waals surface area contributed by atoms with Gasteiger partial charge in [0.1, 0.15) is 0 Å². The van der Waals surface area contributed by atoms with Gasteiger partial charge in [0.05, 0.1) is 11.5 Å². The summed E-state index contributed by atoms with van der Waals surface area (Å²) in [7, 11) is -2.62. The zero-order chi connectivity index (χ0) is 10.2. The van der Waals surface area contributed by atoms with E-state index in [9.17, 15) is 8.42 Å². The molecule has 14 heavy (non-hydrogen) atoms. The van der Waals surface area contributed by atoms with E-state index in [1.54, 1.807) is 0 Å². The summed E-state index contributed by atoms with van der Waals surface area (Å²) in [5, 5.41) is 0. The second kappa shape index (κ2) is 3.79. The van der Waals surface area contributed by atoms with Gasteiger partial charge in [0, 0.05) is 13.1 Å². The van der Waals surface area contributed by atoms with E-state index in [1.165, 1.54) is 0 Å². The fourth-order valence-corrected chi connectivity index (χ4v) is 3.88. The molecule has 0 aliphatic carbocycles. The molecule has 2 aliphatic heterocycles. The first kappa shape index (κ1) is 10.4. The molecule has 2 N–H and O–H groups in total. The number of nitrogens with two attached hydrogens (primary N) is 1. The maximum Gasteiger partial charge on any atom is 0.150 e. The lowest BCUT2D eigenvalue weighted by atomic mass is 9.99. The van der Waals surface area contributed by atoms with Gasteiger partial charge in [-0.3, -0.25) is 0 Å². The van der Waals surface area contributed by atoms with Gasteiger partial charge in [0.15, 0.2) is 9.84 Å². The van der Waals surface area contributed by atoms with Gasteiger partial charge in [-0.05, 0) is 31.3 Å². The molecule has 0 saturated carbocycles. The van der Waals surface area contributed by atoms with Gasteiger partial charge in [-0.25, -0.2) is 8.42 Å². The highest BCUT2D eigenvalue weighted by Gasteiger charge is 2.34. The summed E-state index contributed by atoms with van der Waals surface area (Å²) in [6.07, 6.45) is 1.04. The molecule has 2 rings (SSSR count). The van der Waals surface area contributed by atoms with Crippen LogP contribution in [0.2, 0.25) is 0 Å². The van der Waals surface area contributed by atoms with E-state index < -0.39 is 9.84 Å². The molecule has 2 saturated heterocycles. The van der Waals surface area contributed by atoms with Crippen molar-refractivity contribution in [2.45, 2.75) is 6.42 Å². The van der Waals surface area contributed by atoms with E-state index in [0.29, 0.717) is 23.3 Å². The van der Waals surface area contributed by atoms with Gasteiger partial charge >= 0.3 is 0 Å². The molecule has 82 valence electrons. The van der Waals surface area contributed by atoms with Gasteiger partial charge in [0.2, 0.25) is 0 Å². The highest BCUT2D eigenvalue weighted by atomic mass is 32.2. The van der Waals surface area contributed by atoms with Crippen molar-refractivity contribution >= 4 is 9.84 Å². The van der Waals surface area contributed by atoms with Crippen LogP contribution < -0.4 is 5.73 Å². The number of hydrogen-bond donors (Lipinski definition) is 1. The molecule has 4 nitrogen and oxygen atoms in total. The van der Waals surface area contributed by atoms with Gasteiger partial charge in [-0.15, -0.1) is 0 Å². The van der Waals surface area contributed by atoms with E-state index in [4.69, 9.17) is 5.73 Å². The van der Waals surface area contributed by atoms with E-state index in [2.05, 4.69) is 4.90 Å².